The summed E-state index contributed by atoms with van der Waals surface area (Å²) in [4.78, 5) is 48.1. The van der Waals surface area contributed by atoms with E-state index in [0.29, 0.717) is 4.47 Å². The Bertz CT molecular complexity index is 795. The smallest absolute Gasteiger partial charge is 0.407 e. The molecule has 1 aromatic rings. The molecular formula is C22H33BrN4O6. The SMILES string of the molecule is CC(C)(C)OC(=O)NCCNC(=O)c1cc(Br)cc(C(=O)NCCNC(=O)OC(C)(C)C)c1. The zero-order valence-electron chi connectivity index (χ0n) is 19.9. The van der Waals surface area contributed by atoms with E-state index >= 15 is 0 Å². The highest BCUT2D eigenvalue weighted by atomic mass is 79.9. The van der Waals surface area contributed by atoms with Crippen LogP contribution in [-0.4, -0.2) is 61.4 Å². The molecule has 0 fully saturated rings. The van der Waals surface area contributed by atoms with E-state index in [1.807, 2.05) is 0 Å². The maximum atomic E-state index is 12.4. The lowest BCUT2D eigenvalue weighted by atomic mass is 10.1. The van der Waals surface area contributed by atoms with E-state index < -0.39 is 35.2 Å². The van der Waals surface area contributed by atoms with Crippen LogP contribution in [0.2, 0.25) is 0 Å². The van der Waals surface area contributed by atoms with E-state index in [0.717, 1.165) is 0 Å². The second kappa shape index (κ2) is 12.4. The summed E-state index contributed by atoms with van der Waals surface area (Å²) in [5, 5.41) is 10.4. The van der Waals surface area contributed by atoms with Crippen LogP contribution >= 0.6 is 15.9 Å². The molecular weight excluding hydrogens is 496 g/mol. The molecule has 0 radical (unpaired) electrons. The molecule has 4 amide bonds. The third-order valence-electron chi connectivity index (χ3n) is 3.58. The van der Waals surface area contributed by atoms with Crippen molar-refractivity contribution in [2.75, 3.05) is 26.2 Å². The molecule has 10 nitrogen and oxygen atoms in total. The molecule has 1 aromatic carbocycles. The van der Waals surface area contributed by atoms with Crippen molar-refractivity contribution in [2.24, 2.45) is 0 Å². The molecule has 0 unspecified atom stereocenters. The average molecular weight is 529 g/mol. The van der Waals surface area contributed by atoms with Crippen LogP contribution in [0.15, 0.2) is 22.7 Å². The van der Waals surface area contributed by atoms with Crippen molar-refractivity contribution in [3.63, 3.8) is 0 Å². The van der Waals surface area contributed by atoms with Gasteiger partial charge in [0.05, 0.1) is 0 Å². The second-order valence-electron chi connectivity index (χ2n) is 9.10. The number of hydrogen-bond donors (Lipinski definition) is 4. The largest absolute Gasteiger partial charge is 0.444 e. The fourth-order valence-electron chi connectivity index (χ4n) is 2.37. The van der Waals surface area contributed by atoms with E-state index in [1.165, 1.54) is 6.07 Å². The number of ether oxygens (including phenoxy) is 2. The van der Waals surface area contributed by atoms with Gasteiger partial charge in [0.2, 0.25) is 0 Å². The van der Waals surface area contributed by atoms with Crippen LogP contribution in [0.1, 0.15) is 62.3 Å². The zero-order chi connectivity index (χ0) is 25.2. The first-order valence-electron chi connectivity index (χ1n) is 10.5. The van der Waals surface area contributed by atoms with Gasteiger partial charge in [0.25, 0.3) is 11.8 Å². The topological polar surface area (TPSA) is 135 Å². The van der Waals surface area contributed by atoms with Crippen molar-refractivity contribution in [1.82, 2.24) is 21.3 Å². The van der Waals surface area contributed by atoms with Gasteiger partial charge >= 0.3 is 12.2 Å². The molecule has 0 atom stereocenters. The number of nitrogens with one attached hydrogen (secondary N) is 4. The van der Waals surface area contributed by atoms with Crippen molar-refractivity contribution >= 4 is 39.9 Å². The highest BCUT2D eigenvalue weighted by Gasteiger charge is 2.17. The van der Waals surface area contributed by atoms with Gasteiger partial charge in [-0.15, -0.1) is 0 Å². The fourth-order valence-corrected chi connectivity index (χ4v) is 2.86. The molecule has 0 saturated heterocycles. The number of carbonyl (C=O) groups excluding carboxylic acids is 4. The van der Waals surface area contributed by atoms with Crippen molar-refractivity contribution in [2.45, 2.75) is 52.7 Å². The summed E-state index contributed by atoms with van der Waals surface area (Å²) in [6, 6.07) is 4.62. The maximum absolute atomic E-state index is 12.4. The highest BCUT2D eigenvalue weighted by molar-refractivity contribution is 9.10. The molecule has 0 aromatic heterocycles. The summed E-state index contributed by atoms with van der Waals surface area (Å²) < 4.78 is 10.8. The number of carbonyl (C=O) groups is 4. The Hall–Kier alpha value is -2.82. The summed E-state index contributed by atoms with van der Waals surface area (Å²) in [7, 11) is 0. The van der Waals surface area contributed by atoms with Crippen molar-refractivity contribution in [3.05, 3.63) is 33.8 Å². The first-order chi connectivity index (χ1) is 15.2. The summed E-state index contributed by atoms with van der Waals surface area (Å²) >= 11 is 3.30. The lowest BCUT2D eigenvalue weighted by molar-refractivity contribution is 0.0516. The van der Waals surface area contributed by atoms with E-state index in [1.54, 1.807) is 53.7 Å². The summed E-state index contributed by atoms with van der Waals surface area (Å²) in [5.41, 5.74) is -0.656. The predicted molar refractivity (Wildman–Crippen MR) is 127 cm³/mol. The Morgan fingerprint density at radius 3 is 1.33 bits per heavy atom. The number of amides is 4. The van der Waals surface area contributed by atoms with E-state index in [-0.39, 0.29) is 37.3 Å². The van der Waals surface area contributed by atoms with Crippen LogP contribution < -0.4 is 21.3 Å². The molecule has 4 N–H and O–H groups in total. The molecule has 0 bridgehead atoms. The normalized spacial score (nSPS) is 11.2. The molecule has 0 spiro atoms. The first-order valence-corrected chi connectivity index (χ1v) is 11.3. The van der Waals surface area contributed by atoms with E-state index in [2.05, 4.69) is 37.2 Å². The van der Waals surface area contributed by atoms with E-state index in [4.69, 9.17) is 9.47 Å². The maximum Gasteiger partial charge on any atom is 0.407 e. The van der Waals surface area contributed by atoms with Crippen LogP contribution in [0.3, 0.4) is 0 Å². The third kappa shape index (κ3) is 12.7. The van der Waals surface area contributed by atoms with Gasteiger partial charge in [0.15, 0.2) is 0 Å². The van der Waals surface area contributed by atoms with E-state index in [9.17, 15) is 19.2 Å². The minimum absolute atomic E-state index is 0.183. The average Bonchev–Trinajstić information content (AvgIpc) is 2.65. The Morgan fingerprint density at radius 2 is 1.00 bits per heavy atom. The fraction of sp³-hybridized carbons (Fsp3) is 0.545. The van der Waals surface area contributed by atoms with Gasteiger partial charge in [-0.2, -0.15) is 0 Å². The second-order valence-corrected chi connectivity index (χ2v) is 10.0. The lowest BCUT2D eigenvalue weighted by Gasteiger charge is -2.19. The Labute approximate surface area is 202 Å². The first kappa shape index (κ1) is 28.2. The van der Waals surface area contributed by atoms with Gasteiger partial charge in [-0.05, 0) is 59.7 Å². The Balaban J connectivity index is 2.51. The minimum Gasteiger partial charge on any atom is -0.444 e. The quantitative estimate of drug-likeness (QED) is 0.383. The predicted octanol–water partition coefficient (Wildman–Crippen LogP) is 2.96. The van der Waals surface area contributed by atoms with Gasteiger partial charge in [-0.3, -0.25) is 9.59 Å². The molecule has 184 valence electrons. The molecule has 0 heterocycles. The lowest BCUT2D eigenvalue weighted by Crippen LogP contribution is -2.38. The number of halogens is 1. The van der Waals surface area contributed by atoms with Crippen LogP contribution in [0.5, 0.6) is 0 Å². The number of rotatable bonds is 8. The van der Waals surface area contributed by atoms with Crippen LogP contribution in [0, 0.1) is 0 Å². The van der Waals surface area contributed by atoms with Crippen molar-refractivity contribution in [1.29, 1.82) is 0 Å². The summed E-state index contributed by atoms with van der Waals surface area (Å²) in [5.74, 6) is -0.800. The van der Waals surface area contributed by atoms with Crippen LogP contribution in [-0.2, 0) is 9.47 Å². The Morgan fingerprint density at radius 1 is 0.667 bits per heavy atom. The molecule has 0 aliphatic carbocycles. The van der Waals surface area contributed by atoms with Gasteiger partial charge in [-0.25, -0.2) is 9.59 Å². The molecule has 0 aliphatic rings. The van der Waals surface area contributed by atoms with Crippen molar-refractivity contribution in [3.8, 4) is 0 Å². The number of hydrogen-bond acceptors (Lipinski definition) is 6. The van der Waals surface area contributed by atoms with Gasteiger partial charge in [0, 0.05) is 41.8 Å². The highest BCUT2D eigenvalue weighted by Crippen LogP contribution is 2.16. The van der Waals surface area contributed by atoms with Gasteiger partial charge in [0.1, 0.15) is 11.2 Å². The van der Waals surface area contributed by atoms with Crippen molar-refractivity contribution < 1.29 is 28.7 Å². The number of benzene rings is 1. The molecule has 33 heavy (non-hydrogen) atoms. The van der Waals surface area contributed by atoms with Gasteiger partial charge in [-0.1, -0.05) is 15.9 Å². The molecule has 0 saturated carbocycles. The summed E-state index contributed by atoms with van der Waals surface area (Å²) in [6.45, 7) is 11.3. The zero-order valence-corrected chi connectivity index (χ0v) is 21.5. The number of alkyl carbamates (subject to hydrolysis) is 2. The Kier molecular flexibility index (Phi) is 10.6. The van der Waals surface area contributed by atoms with Crippen LogP contribution in [0.4, 0.5) is 9.59 Å². The monoisotopic (exact) mass is 528 g/mol. The molecule has 11 heteroatoms. The van der Waals surface area contributed by atoms with Crippen LogP contribution in [0.25, 0.3) is 0 Å². The standard InChI is InChI=1S/C22H33BrN4O6/c1-21(2,3)32-19(30)26-9-7-24-17(28)14-11-15(13-16(23)12-14)18(29)25-8-10-27-20(31)33-22(4,5)6/h11-13H,7-10H2,1-6H3,(H,24,28)(H,25,29)(H,26,30)(H,27,31). The minimum atomic E-state index is -0.605. The van der Waals surface area contributed by atoms with Gasteiger partial charge < -0.3 is 30.7 Å². The molecule has 1 rings (SSSR count). The summed E-state index contributed by atoms with van der Waals surface area (Å²) in [6.07, 6.45) is -1.14. The molecule has 0 aliphatic heterocycles. The third-order valence-corrected chi connectivity index (χ3v) is 4.04.